The number of carbonyl (C=O) groups excluding carboxylic acids is 1. The first-order valence-corrected chi connectivity index (χ1v) is 8.97. The fourth-order valence-electron chi connectivity index (χ4n) is 2.54. The molecule has 0 unspecified atom stereocenters. The van der Waals surface area contributed by atoms with Crippen LogP contribution in [0.2, 0.25) is 0 Å². The highest BCUT2D eigenvalue weighted by Gasteiger charge is 2.13. The van der Waals surface area contributed by atoms with Crippen LogP contribution in [0.15, 0.2) is 78.9 Å². The Balaban J connectivity index is 0.000000222. The first-order valence-electron chi connectivity index (χ1n) is 8.97. The van der Waals surface area contributed by atoms with Crippen LogP contribution in [0.4, 0.5) is 0 Å². The molecule has 154 valence electrons. The summed E-state index contributed by atoms with van der Waals surface area (Å²) in [4.78, 5) is 22.3. The van der Waals surface area contributed by atoms with Gasteiger partial charge in [0.2, 0.25) is 0 Å². The van der Waals surface area contributed by atoms with E-state index in [1.54, 1.807) is 55.6 Å². The van der Waals surface area contributed by atoms with Crippen LogP contribution in [0.25, 0.3) is 6.08 Å². The van der Waals surface area contributed by atoms with E-state index in [1.165, 1.54) is 19.3 Å². The van der Waals surface area contributed by atoms with Crippen molar-refractivity contribution in [2.75, 3.05) is 14.2 Å². The summed E-state index contributed by atoms with van der Waals surface area (Å²) >= 11 is 0. The van der Waals surface area contributed by atoms with Crippen molar-refractivity contribution in [1.29, 1.82) is 0 Å². The molecular weight excluding hydrogens is 384 g/mol. The average Bonchev–Trinajstić information content (AvgIpc) is 2.78. The fourth-order valence-corrected chi connectivity index (χ4v) is 2.54. The summed E-state index contributed by atoms with van der Waals surface area (Å²) in [5.74, 6) is -0.0537. The second kappa shape index (κ2) is 11.1. The van der Waals surface area contributed by atoms with Gasteiger partial charge in [0.15, 0.2) is 5.78 Å². The van der Waals surface area contributed by atoms with Crippen LogP contribution in [-0.4, -0.2) is 36.2 Å². The molecule has 0 heterocycles. The van der Waals surface area contributed by atoms with Gasteiger partial charge in [0.1, 0.15) is 17.2 Å². The summed E-state index contributed by atoms with van der Waals surface area (Å²) in [6.07, 6.45) is 2.58. The highest BCUT2D eigenvalue weighted by molar-refractivity contribution is 6.10. The minimum atomic E-state index is -0.967. The summed E-state index contributed by atoms with van der Waals surface area (Å²) in [5.41, 5.74) is 1.58. The molecule has 3 rings (SSSR count). The topological polar surface area (TPSA) is 93.1 Å². The van der Waals surface area contributed by atoms with E-state index >= 15 is 0 Å². The Hall–Kier alpha value is -4.06. The van der Waals surface area contributed by atoms with Gasteiger partial charge in [-0.15, -0.1) is 0 Å². The Labute approximate surface area is 174 Å². The lowest BCUT2D eigenvalue weighted by molar-refractivity contribution is -0.131. The van der Waals surface area contributed by atoms with E-state index < -0.39 is 5.97 Å². The molecule has 0 aliphatic rings. The van der Waals surface area contributed by atoms with Crippen LogP contribution in [0.3, 0.4) is 0 Å². The number of aliphatic carboxylic acids is 1. The highest BCUT2D eigenvalue weighted by atomic mass is 16.5. The Morgan fingerprint density at radius 1 is 0.867 bits per heavy atom. The molecule has 6 heteroatoms. The largest absolute Gasteiger partial charge is 0.507 e. The molecular formula is C24H22O6. The van der Waals surface area contributed by atoms with E-state index in [0.717, 1.165) is 11.6 Å². The van der Waals surface area contributed by atoms with Crippen LogP contribution < -0.4 is 9.47 Å². The van der Waals surface area contributed by atoms with Crippen molar-refractivity contribution in [1.82, 2.24) is 0 Å². The van der Waals surface area contributed by atoms with Crippen molar-refractivity contribution in [3.8, 4) is 17.2 Å². The van der Waals surface area contributed by atoms with Crippen molar-refractivity contribution in [3.63, 3.8) is 0 Å². The minimum absolute atomic E-state index is 0.0711. The molecule has 0 saturated heterocycles. The van der Waals surface area contributed by atoms with Gasteiger partial charge in [-0.1, -0.05) is 48.5 Å². The third-order valence-electron chi connectivity index (χ3n) is 4.03. The van der Waals surface area contributed by atoms with E-state index in [9.17, 15) is 14.7 Å². The quantitative estimate of drug-likeness (QED) is 0.465. The summed E-state index contributed by atoms with van der Waals surface area (Å²) in [5, 5.41) is 18.2. The van der Waals surface area contributed by atoms with Crippen molar-refractivity contribution in [3.05, 3.63) is 95.6 Å². The molecule has 0 aliphatic heterocycles. The lowest BCUT2D eigenvalue weighted by Gasteiger charge is -2.06. The standard InChI is InChI=1S/C14H12O3.C10H10O3/c1-17-11-7-8-12(13(15)9-11)14(16)10-5-3-2-4-6-10;1-13-9-5-3-2-4-8(9)6-7-10(11)12/h2-9,15H,1H3;2-7H,1H3,(H,11,12). The summed E-state index contributed by atoms with van der Waals surface area (Å²) < 4.78 is 10.00. The maximum atomic E-state index is 12.1. The number of hydrogen-bond acceptors (Lipinski definition) is 5. The first-order chi connectivity index (χ1) is 14.5. The Kier molecular flexibility index (Phi) is 8.20. The van der Waals surface area contributed by atoms with Crippen LogP contribution in [0.1, 0.15) is 21.5 Å². The van der Waals surface area contributed by atoms with E-state index in [0.29, 0.717) is 17.1 Å². The molecule has 30 heavy (non-hydrogen) atoms. The Bertz CT molecular complexity index is 1020. The fraction of sp³-hybridized carbons (Fsp3) is 0.0833. The minimum Gasteiger partial charge on any atom is -0.507 e. The zero-order chi connectivity index (χ0) is 21.9. The van der Waals surface area contributed by atoms with Crippen molar-refractivity contribution < 1.29 is 29.3 Å². The van der Waals surface area contributed by atoms with Crippen LogP contribution in [0, 0.1) is 0 Å². The van der Waals surface area contributed by atoms with Crippen LogP contribution >= 0.6 is 0 Å². The van der Waals surface area contributed by atoms with Gasteiger partial charge in [0.05, 0.1) is 19.8 Å². The number of carboxylic acids is 1. The predicted molar refractivity (Wildman–Crippen MR) is 114 cm³/mol. The molecule has 2 N–H and O–H groups in total. The van der Waals surface area contributed by atoms with Gasteiger partial charge in [-0.05, 0) is 24.3 Å². The van der Waals surface area contributed by atoms with E-state index in [2.05, 4.69) is 0 Å². The van der Waals surface area contributed by atoms with Gasteiger partial charge in [-0.25, -0.2) is 4.79 Å². The van der Waals surface area contributed by atoms with E-state index in [-0.39, 0.29) is 17.1 Å². The van der Waals surface area contributed by atoms with Gasteiger partial charge < -0.3 is 19.7 Å². The van der Waals surface area contributed by atoms with Gasteiger partial charge in [-0.2, -0.15) is 0 Å². The van der Waals surface area contributed by atoms with Gasteiger partial charge in [-0.3, -0.25) is 4.79 Å². The van der Waals surface area contributed by atoms with Crippen LogP contribution in [0.5, 0.6) is 17.2 Å². The SMILES string of the molecule is COc1ccc(C(=O)c2ccccc2)c(O)c1.COc1ccccc1C=CC(=O)O. The zero-order valence-electron chi connectivity index (χ0n) is 16.6. The molecule has 0 spiro atoms. The Morgan fingerprint density at radius 2 is 1.53 bits per heavy atom. The molecule has 0 aromatic heterocycles. The van der Waals surface area contributed by atoms with Crippen molar-refractivity contribution in [2.45, 2.75) is 0 Å². The Morgan fingerprint density at radius 3 is 2.13 bits per heavy atom. The number of hydrogen-bond donors (Lipinski definition) is 2. The number of carboxylic acid groups (broad SMARTS) is 1. The zero-order valence-corrected chi connectivity index (χ0v) is 16.6. The molecule has 3 aromatic carbocycles. The van der Waals surface area contributed by atoms with Crippen molar-refractivity contribution in [2.24, 2.45) is 0 Å². The number of carbonyl (C=O) groups is 2. The number of methoxy groups -OCH3 is 2. The van der Waals surface area contributed by atoms with Crippen molar-refractivity contribution >= 4 is 17.8 Å². The molecule has 3 aromatic rings. The highest BCUT2D eigenvalue weighted by Crippen LogP contribution is 2.25. The molecule has 0 radical (unpaired) electrons. The third-order valence-corrected chi connectivity index (χ3v) is 4.03. The summed E-state index contributed by atoms with van der Waals surface area (Å²) in [7, 11) is 3.06. The monoisotopic (exact) mass is 406 g/mol. The molecule has 0 bridgehead atoms. The molecule has 6 nitrogen and oxygen atoms in total. The van der Waals surface area contributed by atoms with Crippen LogP contribution in [-0.2, 0) is 4.79 Å². The number of benzene rings is 3. The maximum Gasteiger partial charge on any atom is 0.328 e. The maximum absolute atomic E-state index is 12.1. The lowest BCUT2D eigenvalue weighted by Crippen LogP contribution is -2.01. The normalized spacial score (nSPS) is 10.1. The molecule has 0 aliphatic carbocycles. The number of phenolic OH excluding ortho intramolecular Hbond substituents is 1. The molecule has 0 fully saturated rings. The van der Waals surface area contributed by atoms with Gasteiger partial charge in [0, 0.05) is 23.3 Å². The summed E-state index contributed by atoms with van der Waals surface area (Å²) in [6.45, 7) is 0. The number of rotatable bonds is 6. The smallest absolute Gasteiger partial charge is 0.328 e. The second-order valence-corrected chi connectivity index (χ2v) is 5.99. The first kappa shape index (κ1) is 22.2. The van der Waals surface area contributed by atoms with Gasteiger partial charge >= 0.3 is 5.97 Å². The third kappa shape index (κ3) is 6.24. The lowest BCUT2D eigenvalue weighted by atomic mass is 10.0. The van der Waals surface area contributed by atoms with Gasteiger partial charge in [0.25, 0.3) is 0 Å². The average molecular weight is 406 g/mol. The van der Waals surface area contributed by atoms with E-state index in [1.807, 2.05) is 18.2 Å². The number of aromatic hydroxyl groups is 1. The number of para-hydroxylation sites is 1. The molecule has 0 atom stereocenters. The number of ether oxygens (including phenoxy) is 2. The number of phenols is 1. The summed E-state index contributed by atoms with van der Waals surface area (Å²) in [6, 6.07) is 20.7. The number of ketones is 1. The predicted octanol–water partition coefficient (Wildman–Crippen LogP) is 4.42. The molecule has 0 amide bonds. The second-order valence-electron chi connectivity index (χ2n) is 5.99. The molecule has 0 saturated carbocycles. The van der Waals surface area contributed by atoms with E-state index in [4.69, 9.17) is 14.6 Å².